The highest BCUT2D eigenvalue weighted by Gasteiger charge is 2.09. The molecule has 7 heteroatoms. The van der Waals surface area contributed by atoms with Crippen LogP contribution in [0.1, 0.15) is 53.8 Å². The standard InChI is InChI=1S/C22H27N3O3S/c1-3-5-6-15-28-19-13-9-17(10-14-19)21(27)25-22(29)24-18-11-7-16(8-12-18)20(26)23-4-2/h7-14H,3-6,15H2,1-2H3,(H,23,26)(H2,24,25,27,29). The molecule has 3 N–H and O–H groups in total. The molecule has 0 aromatic heterocycles. The predicted octanol–water partition coefficient (Wildman–Crippen LogP) is 4.13. The van der Waals surface area contributed by atoms with Crippen LogP contribution in [0.25, 0.3) is 0 Å². The van der Waals surface area contributed by atoms with Crippen molar-refractivity contribution >= 4 is 34.8 Å². The highest BCUT2D eigenvalue weighted by Crippen LogP contribution is 2.13. The molecular weight excluding hydrogens is 386 g/mol. The molecule has 0 atom stereocenters. The van der Waals surface area contributed by atoms with E-state index in [2.05, 4.69) is 22.9 Å². The Morgan fingerprint density at radius 1 is 0.897 bits per heavy atom. The maximum Gasteiger partial charge on any atom is 0.257 e. The number of rotatable bonds is 9. The smallest absolute Gasteiger partial charge is 0.257 e. The van der Waals surface area contributed by atoms with Crippen LogP contribution < -0.4 is 20.7 Å². The van der Waals surface area contributed by atoms with Gasteiger partial charge in [-0.05, 0) is 74.1 Å². The molecule has 6 nitrogen and oxygen atoms in total. The third-order valence-electron chi connectivity index (χ3n) is 4.10. The Kier molecular flexibility index (Phi) is 9.11. The van der Waals surface area contributed by atoms with Gasteiger partial charge in [0.15, 0.2) is 5.11 Å². The maximum absolute atomic E-state index is 12.3. The number of carbonyl (C=O) groups is 2. The van der Waals surface area contributed by atoms with E-state index in [4.69, 9.17) is 17.0 Å². The summed E-state index contributed by atoms with van der Waals surface area (Å²) >= 11 is 5.20. The minimum atomic E-state index is -0.307. The van der Waals surface area contributed by atoms with Gasteiger partial charge >= 0.3 is 0 Å². The summed E-state index contributed by atoms with van der Waals surface area (Å²) in [7, 11) is 0. The molecule has 2 aromatic rings. The monoisotopic (exact) mass is 413 g/mol. The van der Waals surface area contributed by atoms with E-state index in [9.17, 15) is 9.59 Å². The first-order valence-corrected chi connectivity index (χ1v) is 10.2. The van der Waals surface area contributed by atoms with E-state index in [1.54, 1.807) is 48.5 Å². The summed E-state index contributed by atoms with van der Waals surface area (Å²) in [4.78, 5) is 24.1. The molecule has 0 aliphatic carbocycles. The van der Waals surface area contributed by atoms with Crippen molar-refractivity contribution in [1.29, 1.82) is 0 Å². The lowest BCUT2D eigenvalue weighted by Gasteiger charge is -2.11. The number of anilines is 1. The summed E-state index contributed by atoms with van der Waals surface area (Å²) in [6.45, 7) is 5.25. The Hall–Kier alpha value is -2.93. The van der Waals surface area contributed by atoms with Gasteiger partial charge < -0.3 is 15.4 Å². The normalized spacial score (nSPS) is 10.1. The fourth-order valence-corrected chi connectivity index (χ4v) is 2.76. The average Bonchev–Trinajstić information content (AvgIpc) is 2.72. The van der Waals surface area contributed by atoms with Crippen molar-refractivity contribution in [2.45, 2.75) is 33.1 Å². The van der Waals surface area contributed by atoms with Crippen LogP contribution in [0.4, 0.5) is 5.69 Å². The number of unbranched alkanes of at least 4 members (excludes halogenated alkanes) is 2. The minimum absolute atomic E-state index is 0.132. The van der Waals surface area contributed by atoms with Gasteiger partial charge in [0.25, 0.3) is 11.8 Å². The van der Waals surface area contributed by atoms with Crippen molar-refractivity contribution in [2.75, 3.05) is 18.5 Å². The quantitative estimate of drug-likeness (QED) is 0.425. The van der Waals surface area contributed by atoms with Crippen molar-refractivity contribution in [3.8, 4) is 5.75 Å². The third-order valence-corrected chi connectivity index (χ3v) is 4.31. The number of carbonyl (C=O) groups excluding carboxylic acids is 2. The summed E-state index contributed by atoms with van der Waals surface area (Å²) < 4.78 is 5.65. The van der Waals surface area contributed by atoms with Crippen LogP contribution in [0.15, 0.2) is 48.5 Å². The molecule has 2 amide bonds. The Labute approximate surface area is 177 Å². The number of hydrogen-bond acceptors (Lipinski definition) is 4. The topological polar surface area (TPSA) is 79.5 Å². The van der Waals surface area contributed by atoms with Gasteiger partial charge in [0.05, 0.1) is 6.61 Å². The largest absolute Gasteiger partial charge is 0.494 e. The van der Waals surface area contributed by atoms with E-state index in [0.29, 0.717) is 30.0 Å². The van der Waals surface area contributed by atoms with Crippen LogP contribution in [-0.2, 0) is 0 Å². The number of thiocarbonyl (C=S) groups is 1. The molecule has 2 aromatic carbocycles. The lowest BCUT2D eigenvalue weighted by molar-refractivity contribution is 0.0953. The minimum Gasteiger partial charge on any atom is -0.494 e. The number of ether oxygens (including phenoxy) is 1. The summed E-state index contributed by atoms with van der Waals surface area (Å²) in [5.74, 6) is 0.303. The van der Waals surface area contributed by atoms with Crippen molar-refractivity contribution in [1.82, 2.24) is 10.6 Å². The molecule has 0 spiro atoms. The second-order valence-electron chi connectivity index (χ2n) is 6.42. The molecule has 0 heterocycles. The van der Waals surface area contributed by atoms with Crippen LogP contribution in [0.5, 0.6) is 5.75 Å². The second kappa shape index (κ2) is 11.8. The van der Waals surface area contributed by atoms with Gasteiger partial charge in [-0.25, -0.2) is 0 Å². The Morgan fingerprint density at radius 3 is 2.14 bits per heavy atom. The van der Waals surface area contributed by atoms with Gasteiger partial charge in [0.2, 0.25) is 0 Å². The SMILES string of the molecule is CCCCCOc1ccc(C(=O)NC(=S)Nc2ccc(C(=O)NCC)cc2)cc1. The number of amides is 2. The Morgan fingerprint density at radius 2 is 1.52 bits per heavy atom. The molecule has 0 bridgehead atoms. The summed E-state index contributed by atoms with van der Waals surface area (Å²) in [5.41, 5.74) is 1.73. The zero-order valence-electron chi connectivity index (χ0n) is 16.8. The van der Waals surface area contributed by atoms with Crippen molar-refractivity contribution in [3.05, 3.63) is 59.7 Å². The van der Waals surface area contributed by atoms with Crippen molar-refractivity contribution in [3.63, 3.8) is 0 Å². The molecular formula is C22H27N3O3S. The Balaban J connectivity index is 1.84. The van der Waals surface area contributed by atoms with E-state index >= 15 is 0 Å². The summed E-state index contributed by atoms with van der Waals surface area (Å²) in [6, 6.07) is 13.8. The summed E-state index contributed by atoms with van der Waals surface area (Å²) in [5, 5.41) is 8.50. The van der Waals surface area contributed by atoms with Gasteiger partial charge in [0, 0.05) is 23.4 Å². The summed E-state index contributed by atoms with van der Waals surface area (Å²) in [6.07, 6.45) is 3.30. The molecule has 0 unspecified atom stereocenters. The third kappa shape index (κ3) is 7.54. The average molecular weight is 414 g/mol. The van der Waals surface area contributed by atoms with Gasteiger partial charge in [-0.3, -0.25) is 14.9 Å². The first kappa shape index (κ1) is 22.4. The van der Waals surface area contributed by atoms with Crippen LogP contribution in [0, 0.1) is 0 Å². The molecule has 29 heavy (non-hydrogen) atoms. The van der Waals surface area contributed by atoms with E-state index in [1.165, 1.54) is 0 Å². The van der Waals surface area contributed by atoms with Crippen LogP contribution >= 0.6 is 12.2 Å². The van der Waals surface area contributed by atoms with E-state index in [1.807, 2.05) is 6.92 Å². The lowest BCUT2D eigenvalue weighted by Crippen LogP contribution is -2.34. The highest BCUT2D eigenvalue weighted by molar-refractivity contribution is 7.80. The fraction of sp³-hybridized carbons (Fsp3) is 0.318. The first-order valence-electron chi connectivity index (χ1n) is 9.77. The van der Waals surface area contributed by atoms with E-state index in [-0.39, 0.29) is 16.9 Å². The predicted molar refractivity (Wildman–Crippen MR) is 120 cm³/mol. The van der Waals surface area contributed by atoms with Gasteiger partial charge in [-0.1, -0.05) is 19.8 Å². The number of benzene rings is 2. The molecule has 0 saturated carbocycles. The highest BCUT2D eigenvalue weighted by atomic mass is 32.1. The number of hydrogen-bond donors (Lipinski definition) is 3. The van der Waals surface area contributed by atoms with Crippen LogP contribution in [-0.4, -0.2) is 30.1 Å². The molecule has 0 fully saturated rings. The first-order chi connectivity index (χ1) is 14.0. The molecule has 0 radical (unpaired) electrons. The zero-order valence-corrected chi connectivity index (χ0v) is 17.6. The lowest BCUT2D eigenvalue weighted by atomic mass is 10.2. The molecule has 0 saturated heterocycles. The number of nitrogens with one attached hydrogen (secondary N) is 3. The molecule has 2 rings (SSSR count). The van der Waals surface area contributed by atoms with Gasteiger partial charge in [0.1, 0.15) is 5.75 Å². The van der Waals surface area contributed by atoms with Crippen molar-refractivity contribution < 1.29 is 14.3 Å². The zero-order chi connectivity index (χ0) is 21.1. The molecule has 0 aliphatic heterocycles. The maximum atomic E-state index is 12.3. The van der Waals surface area contributed by atoms with E-state index in [0.717, 1.165) is 25.0 Å². The van der Waals surface area contributed by atoms with Crippen LogP contribution in [0.3, 0.4) is 0 Å². The van der Waals surface area contributed by atoms with Crippen LogP contribution in [0.2, 0.25) is 0 Å². The molecule has 154 valence electrons. The van der Waals surface area contributed by atoms with E-state index < -0.39 is 0 Å². The van der Waals surface area contributed by atoms with Gasteiger partial charge in [-0.15, -0.1) is 0 Å². The fourth-order valence-electron chi connectivity index (χ4n) is 2.55. The van der Waals surface area contributed by atoms with Crippen molar-refractivity contribution in [2.24, 2.45) is 0 Å². The Bertz CT molecular complexity index is 820. The van der Waals surface area contributed by atoms with Gasteiger partial charge in [-0.2, -0.15) is 0 Å². The molecule has 0 aliphatic rings. The second-order valence-corrected chi connectivity index (χ2v) is 6.83.